The maximum atomic E-state index is 12.1. The van der Waals surface area contributed by atoms with Crippen molar-refractivity contribution in [1.82, 2.24) is 4.90 Å². The third-order valence-electron chi connectivity index (χ3n) is 4.16. The average molecular weight is 398 g/mol. The van der Waals surface area contributed by atoms with Gasteiger partial charge >= 0.3 is 5.97 Å². The highest BCUT2D eigenvalue weighted by Gasteiger charge is 2.15. The minimum absolute atomic E-state index is 0.0270. The Hall–Kier alpha value is -3.35. The van der Waals surface area contributed by atoms with Crippen molar-refractivity contribution < 1.29 is 23.9 Å². The van der Waals surface area contributed by atoms with E-state index in [1.165, 1.54) is 11.9 Å². The fraction of sp³-hybridized carbons (Fsp3) is 0.318. The SMILES string of the molecule is Cc1ccc(NC(=O)CN(C)C(=O)COC(=O)CCOc2ccccc2C)cc1. The molecular formula is C22H26N2O5. The summed E-state index contributed by atoms with van der Waals surface area (Å²) in [6.45, 7) is 3.47. The zero-order chi connectivity index (χ0) is 21.2. The van der Waals surface area contributed by atoms with Gasteiger partial charge in [-0.15, -0.1) is 0 Å². The molecule has 2 rings (SSSR count). The molecule has 0 radical (unpaired) electrons. The van der Waals surface area contributed by atoms with Gasteiger partial charge < -0.3 is 19.7 Å². The highest BCUT2D eigenvalue weighted by Crippen LogP contribution is 2.16. The second-order valence-corrected chi connectivity index (χ2v) is 6.69. The van der Waals surface area contributed by atoms with Gasteiger partial charge in [-0.05, 0) is 37.6 Å². The summed E-state index contributed by atoms with van der Waals surface area (Å²) in [5, 5.41) is 2.71. The molecule has 0 saturated carbocycles. The fourth-order valence-electron chi connectivity index (χ4n) is 2.43. The Morgan fingerprint density at radius 2 is 1.69 bits per heavy atom. The van der Waals surface area contributed by atoms with E-state index in [0.29, 0.717) is 11.4 Å². The molecule has 0 atom stereocenters. The summed E-state index contributed by atoms with van der Waals surface area (Å²) >= 11 is 0. The Bertz CT molecular complexity index is 849. The maximum absolute atomic E-state index is 12.1. The van der Waals surface area contributed by atoms with Crippen LogP contribution < -0.4 is 10.1 Å². The summed E-state index contributed by atoms with van der Waals surface area (Å²) in [6.07, 6.45) is 0.0270. The molecule has 0 saturated heterocycles. The molecule has 0 spiro atoms. The van der Waals surface area contributed by atoms with E-state index in [2.05, 4.69) is 5.32 Å². The number of esters is 1. The first-order chi connectivity index (χ1) is 13.8. The molecule has 2 aromatic carbocycles. The van der Waals surface area contributed by atoms with Crippen LogP contribution in [0.1, 0.15) is 17.5 Å². The lowest BCUT2D eigenvalue weighted by atomic mass is 10.2. The van der Waals surface area contributed by atoms with Gasteiger partial charge in [0, 0.05) is 12.7 Å². The third-order valence-corrected chi connectivity index (χ3v) is 4.16. The Kier molecular flexibility index (Phi) is 8.21. The van der Waals surface area contributed by atoms with E-state index in [0.717, 1.165) is 11.1 Å². The molecule has 0 aliphatic rings. The number of hydrogen-bond donors (Lipinski definition) is 1. The van der Waals surface area contributed by atoms with Crippen molar-refractivity contribution in [1.29, 1.82) is 0 Å². The molecule has 0 fully saturated rings. The van der Waals surface area contributed by atoms with Crippen LogP contribution in [0.4, 0.5) is 5.69 Å². The van der Waals surface area contributed by atoms with Crippen LogP contribution in [-0.2, 0) is 19.1 Å². The topological polar surface area (TPSA) is 84.9 Å². The molecule has 7 nitrogen and oxygen atoms in total. The van der Waals surface area contributed by atoms with Gasteiger partial charge in [0.05, 0.1) is 19.6 Å². The normalized spacial score (nSPS) is 10.2. The number of carbonyl (C=O) groups excluding carboxylic acids is 3. The highest BCUT2D eigenvalue weighted by molar-refractivity contribution is 5.94. The quantitative estimate of drug-likeness (QED) is 0.657. The number of nitrogens with one attached hydrogen (secondary N) is 1. The lowest BCUT2D eigenvalue weighted by Crippen LogP contribution is -2.37. The maximum Gasteiger partial charge on any atom is 0.309 e. The van der Waals surface area contributed by atoms with Crippen LogP contribution in [0.15, 0.2) is 48.5 Å². The van der Waals surface area contributed by atoms with E-state index in [1.807, 2.05) is 50.2 Å². The second kappa shape index (κ2) is 10.8. The van der Waals surface area contributed by atoms with E-state index in [9.17, 15) is 14.4 Å². The number of benzene rings is 2. The molecule has 0 aliphatic carbocycles. The van der Waals surface area contributed by atoms with Crippen molar-refractivity contribution in [2.45, 2.75) is 20.3 Å². The number of para-hydroxylation sites is 1. The number of hydrogen-bond acceptors (Lipinski definition) is 5. The lowest BCUT2D eigenvalue weighted by molar-refractivity contribution is -0.152. The first-order valence-corrected chi connectivity index (χ1v) is 9.29. The van der Waals surface area contributed by atoms with E-state index in [1.54, 1.807) is 12.1 Å². The molecule has 2 aromatic rings. The molecule has 1 N–H and O–H groups in total. The summed E-state index contributed by atoms with van der Waals surface area (Å²) in [7, 11) is 1.48. The number of rotatable bonds is 9. The van der Waals surface area contributed by atoms with Crippen LogP contribution in [-0.4, -0.2) is 49.5 Å². The van der Waals surface area contributed by atoms with E-state index < -0.39 is 18.5 Å². The van der Waals surface area contributed by atoms with Crippen molar-refractivity contribution in [3.05, 3.63) is 59.7 Å². The lowest BCUT2D eigenvalue weighted by Gasteiger charge is -2.17. The number of likely N-dealkylation sites (N-methyl/N-ethyl adjacent to an activating group) is 1. The summed E-state index contributed by atoms with van der Waals surface area (Å²) < 4.78 is 10.5. The standard InChI is InChI=1S/C22H26N2O5/c1-16-8-10-18(11-9-16)23-20(25)14-24(3)21(26)15-29-22(27)12-13-28-19-7-5-4-6-17(19)2/h4-11H,12-15H2,1-3H3,(H,23,25). The van der Waals surface area contributed by atoms with Gasteiger partial charge in [0.25, 0.3) is 5.91 Å². The summed E-state index contributed by atoms with van der Waals surface area (Å²) in [6, 6.07) is 14.8. The Morgan fingerprint density at radius 1 is 1.00 bits per heavy atom. The molecule has 0 heterocycles. The van der Waals surface area contributed by atoms with E-state index >= 15 is 0 Å². The van der Waals surface area contributed by atoms with Crippen molar-refractivity contribution >= 4 is 23.5 Å². The molecule has 29 heavy (non-hydrogen) atoms. The average Bonchev–Trinajstić information content (AvgIpc) is 2.69. The van der Waals surface area contributed by atoms with E-state index in [4.69, 9.17) is 9.47 Å². The number of anilines is 1. The molecule has 2 amide bonds. The van der Waals surface area contributed by atoms with Crippen LogP contribution >= 0.6 is 0 Å². The van der Waals surface area contributed by atoms with Crippen molar-refractivity contribution in [3.63, 3.8) is 0 Å². The van der Waals surface area contributed by atoms with Gasteiger partial charge in [-0.2, -0.15) is 0 Å². The first kappa shape index (κ1) is 21.9. The molecule has 0 aliphatic heterocycles. The monoisotopic (exact) mass is 398 g/mol. The van der Waals surface area contributed by atoms with Gasteiger partial charge in [0.1, 0.15) is 5.75 Å². The van der Waals surface area contributed by atoms with Gasteiger partial charge in [0.15, 0.2) is 6.61 Å². The molecule has 0 aromatic heterocycles. The molecule has 0 unspecified atom stereocenters. The third kappa shape index (κ3) is 7.65. The van der Waals surface area contributed by atoms with Gasteiger partial charge in [-0.1, -0.05) is 35.9 Å². The van der Waals surface area contributed by atoms with Crippen LogP contribution in [0.5, 0.6) is 5.75 Å². The molecule has 0 bridgehead atoms. The summed E-state index contributed by atoms with van der Waals surface area (Å²) in [5.74, 6) is -0.625. The molecule has 154 valence electrons. The second-order valence-electron chi connectivity index (χ2n) is 6.69. The minimum atomic E-state index is -0.538. The molecule has 7 heteroatoms. The van der Waals surface area contributed by atoms with Crippen molar-refractivity contribution in [3.8, 4) is 5.75 Å². The predicted molar refractivity (Wildman–Crippen MR) is 110 cm³/mol. The zero-order valence-electron chi connectivity index (χ0n) is 16.9. The molecular weight excluding hydrogens is 372 g/mol. The van der Waals surface area contributed by atoms with Gasteiger partial charge in [0.2, 0.25) is 5.91 Å². The summed E-state index contributed by atoms with van der Waals surface area (Å²) in [5.41, 5.74) is 2.71. The number of carbonyl (C=O) groups is 3. The van der Waals surface area contributed by atoms with E-state index in [-0.39, 0.29) is 25.5 Å². The van der Waals surface area contributed by atoms with Crippen LogP contribution in [0.3, 0.4) is 0 Å². The van der Waals surface area contributed by atoms with Gasteiger partial charge in [-0.3, -0.25) is 14.4 Å². The summed E-state index contributed by atoms with van der Waals surface area (Å²) in [4.78, 5) is 37.1. The van der Waals surface area contributed by atoms with Gasteiger partial charge in [-0.25, -0.2) is 0 Å². The highest BCUT2D eigenvalue weighted by atomic mass is 16.5. The van der Waals surface area contributed by atoms with Crippen LogP contribution in [0.25, 0.3) is 0 Å². The Labute approximate surface area is 170 Å². The largest absolute Gasteiger partial charge is 0.493 e. The number of aryl methyl sites for hydroxylation is 2. The number of nitrogens with zero attached hydrogens (tertiary/aromatic N) is 1. The predicted octanol–water partition coefficient (Wildman–Crippen LogP) is 2.71. The van der Waals surface area contributed by atoms with Crippen molar-refractivity contribution in [2.75, 3.05) is 32.1 Å². The number of ether oxygens (including phenoxy) is 2. The van der Waals surface area contributed by atoms with Crippen molar-refractivity contribution in [2.24, 2.45) is 0 Å². The number of amides is 2. The van der Waals surface area contributed by atoms with Crippen LogP contribution in [0, 0.1) is 13.8 Å². The Balaban J connectivity index is 1.66. The minimum Gasteiger partial charge on any atom is -0.493 e. The van der Waals surface area contributed by atoms with Crippen LogP contribution in [0.2, 0.25) is 0 Å². The Morgan fingerprint density at radius 3 is 2.38 bits per heavy atom. The zero-order valence-corrected chi connectivity index (χ0v) is 16.9. The first-order valence-electron chi connectivity index (χ1n) is 9.29. The fourth-order valence-corrected chi connectivity index (χ4v) is 2.43. The smallest absolute Gasteiger partial charge is 0.309 e.